The zero-order chi connectivity index (χ0) is 17.0. The van der Waals surface area contributed by atoms with Crippen molar-refractivity contribution in [2.75, 3.05) is 0 Å². The third-order valence-corrected chi connectivity index (χ3v) is 5.57. The van der Waals surface area contributed by atoms with E-state index in [0.29, 0.717) is 5.92 Å². The van der Waals surface area contributed by atoms with Crippen molar-refractivity contribution < 1.29 is 17.6 Å². The Morgan fingerprint density at radius 2 is 1.75 bits per heavy atom. The Morgan fingerprint density at radius 1 is 1.04 bits per heavy atom. The van der Waals surface area contributed by atoms with Gasteiger partial charge in [-0.25, -0.2) is 8.42 Å². The zero-order valence-corrected chi connectivity index (χ0v) is 14.0. The second kappa shape index (κ2) is 7.19. The first kappa shape index (κ1) is 16.7. The van der Waals surface area contributed by atoms with Gasteiger partial charge in [-0.1, -0.05) is 31.4 Å². The minimum absolute atomic E-state index is 0.0327. The highest BCUT2D eigenvalue weighted by molar-refractivity contribution is 7.89. The van der Waals surface area contributed by atoms with Crippen molar-refractivity contribution in [2.24, 2.45) is 0 Å². The average Bonchev–Trinajstić information content (AvgIpc) is 3.15. The van der Waals surface area contributed by atoms with E-state index in [1.165, 1.54) is 37.2 Å². The van der Waals surface area contributed by atoms with Crippen molar-refractivity contribution >= 4 is 15.9 Å². The summed E-state index contributed by atoms with van der Waals surface area (Å²) >= 11 is 0. The fourth-order valence-corrected chi connectivity index (χ4v) is 3.84. The Hall–Kier alpha value is -2.12. The van der Waals surface area contributed by atoms with Crippen LogP contribution in [0, 0.1) is 0 Å². The number of rotatable bonds is 5. The number of hydrazine groups is 1. The molecular formula is C17H20N2O4S. The van der Waals surface area contributed by atoms with Gasteiger partial charge in [0.15, 0.2) is 5.76 Å². The molecule has 1 aromatic heterocycles. The maximum atomic E-state index is 12.2. The Kier molecular flexibility index (Phi) is 5.01. The third kappa shape index (κ3) is 3.85. The van der Waals surface area contributed by atoms with Gasteiger partial charge in [-0.2, -0.15) is 0 Å². The van der Waals surface area contributed by atoms with Gasteiger partial charge in [-0.05, 0) is 48.6 Å². The molecule has 2 aromatic rings. The summed E-state index contributed by atoms with van der Waals surface area (Å²) in [5.41, 5.74) is 3.31. The molecule has 6 nitrogen and oxygen atoms in total. The van der Waals surface area contributed by atoms with Crippen LogP contribution in [0.3, 0.4) is 0 Å². The van der Waals surface area contributed by atoms with Crippen LogP contribution in [0.5, 0.6) is 0 Å². The number of benzene rings is 1. The minimum atomic E-state index is -3.82. The molecule has 1 saturated carbocycles. The normalized spacial score (nSPS) is 16.0. The second-order valence-corrected chi connectivity index (χ2v) is 7.62. The predicted octanol–water partition coefficient (Wildman–Crippen LogP) is 2.95. The van der Waals surface area contributed by atoms with Crippen LogP contribution >= 0.6 is 0 Å². The number of amides is 1. The van der Waals surface area contributed by atoms with E-state index >= 15 is 0 Å². The summed E-state index contributed by atoms with van der Waals surface area (Å²) in [7, 11) is -3.82. The molecule has 0 spiro atoms. The molecule has 1 amide bonds. The van der Waals surface area contributed by atoms with Crippen LogP contribution < -0.4 is 10.3 Å². The quantitative estimate of drug-likeness (QED) is 0.813. The molecule has 128 valence electrons. The zero-order valence-electron chi connectivity index (χ0n) is 13.2. The first-order valence-electron chi connectivity index (χ1n) is 8.02. The summed E-state index contributed by atoms with van der Waals surface area (Å²) in [6.45, 7) is 0. The number of nitrogens with one attached hydrogen (secondary N) is 2. The van der Waals surface area contributed by atoms with Gasteiger partial charge in [0.2, 0.25) is 0 Å². The monoisotopic (exact) mass is 348 g/mol. The number of sulfonamides is 1. The number of carbonyl (C=O) groups excluding carboxylic acids is 1. The molecular weight excluding hydrogens is 328 g/mol. The molecule has 0 radical (unpaired) electrons. The van der Waals surface area contributed by atoms with Crippen LogP contribution in [0.2, 0.25) is 0 Å². The van der Waals surface area contributed by atoms with Crippen molar-refractivity contribution in [2.45, 2.75) is 42.9 Å². The summed E-state index contributed by atoms with van der Waals surface area (Å²) in [6, 6.07) is 9.87. The highest BCUT2D eigenvalue weighted by Crippen LogP contribution is 2.32. The Morgan fingerprint density at radius 3 is 2.38 bits per heavy atom. The molecule has 0 saturated heterocycles. The van der Waals surface area contributed by atoms with Crippen molar-refractivity contribution in [1.29, 1.82) is 0 Å². The SMILES string of the molecule is O=C(NNS(=O)(=O)c1ccc(C2CCCCC2)cc1)c1ccco1. The van der Waals surface area contributed by atoms with E-state index in [4.69, 9.17) is 4.42 Å². The second-order valence-electron chi connectivity index (χ2n) is 5.94. The van der Waals surface area contributed by atoms with Gasteiger partial charge in [0, 0.05) is 0 Å². The van der Waals surface area contributed by atoms with E-state index in [9.17, 15) is 13.2 Å². The summed E-state index contributed by atoms with van der Waals surface area (Å²) in [5.74, 6) is -0.102. The van der Waals surface area contributed by atoms with Crippen molar-refractivity contribution in [3.63, 3.8) is 0 Å². The van der Waals surface area contributed by atoms with E-state index in [1.807, 2.05) is 12.1 Å². The maximum absolute atomic E-state index is 12.2. The molecule has 0 aliphatic heterocycles. The summed E-state index contributed by atoms with van der Waals surface area (Å²) in [4.78, 5) is 13.9. The fraction of sp³-hybridized carbons (Fsp3) is 0.353. The molecule has 1 aromatic carbocycles. The number of hydrogen-bond donors (Lipinski definition) is 2. The molecule has 1 aliphatic carbocycles. The van der Waals surface area contributed by atoms with Gasteiger partial charge in [0.1, 0.15) is 0 Å². The molecule has 0 unspecified atom stereocenters. The summed E-state index contributed by atoms with van der Waals surface area (Å²) in [5, 5.41) is 0. The van der Waals surface area contributed by atoms with Gasteiger partial charge in [0.25, 0.3) is 10.0 Å². The van der Waals surface area contributed by atoms with Crippen molar-refractivity contribution in [3.8, 4) is 0 Å². The standard InChI is InChI=1S/C17H20N2O4S/c20-17(16-7-4-12-23-16)18-19-24(21,22)15-10-8-14(9-11-15)13-5-2-1-3-6-13/h4,7-13,19H,1-3,5-6H2,(H,18,20). The lowest BCUT2D eigenvalue weighted by atomic mass is 9.84. The lowest BCUT2D eigenvalue weighted by molar-refractivity contribution is 0.0917. The van der Waals surface area contributed by atoms with Gasteiger partial charge in [-0.3, -0.25) is 10.2 Å². The van der Waals surface area contributed by atoms with E-state index in [1.54, 1.807) is 18.2 Å². The summed E-state index contributed by atoms with van der Waals surface area (Å²) in [6.07, 6.45) is 7.39. The first-order valence-corrected chi connectivity index (χ1v) is 9.50. The van der Waals surface area contributed by atoms with Crippen molar-refractivity contribution in [3.05, 3.63) is 54.0 Å². The highest BCUT2D eigenvalue weighted by Gasteiger charge is 2.19. The number of carbonyl (C=O) groups is 1. The lowest BCUT2D eigenvalue weighted by Gasteiger charge is -2.22. The van der Waals surface area contributed by atoms with Crippen LogP contribution in [-0.4, -0.2) is 14.3 Å². The largest absolute Gasteiger partial charge is 0.459 e. The molecule has 3 rings (SSSR count). The van der Waals surface area contributed by atoms with E-state index in [-0.39, 0.29) is 10.7 Å². The predicted molar refractivity (Wildman–Crippen MR) is 88.8 cm³/mol. The van der Waals surface area contributed by atoms with Crippen LogP contribution in [0.25, 0.3) is 0 Å². The van der Waals surface area contributed by atoms with Gasteiger partial charge >= 0.3 is 5.91 Å². The molecule has 7 heteroatoms. The topological polar surface area (TPSA) is 88.4 Å². The highest BCUT2D eigenvalue weighted by atomic mass is 32.2. The molecule has 0 bridgehead atoms. The van der Waals surface area contributed by atoms with Crippen molar-refractivity contribution in [1.82, 2.24) is 10.3 Å². The first-order chi connectivity index (χ1) is 11.6. The van der Waals surface area contributed by atoms with E-state index in [0.717, 1.165) is 12.8 Å². The van der Waals surface area contributed by atoms with Crippen LogP contribution in [0.4, 0.5) is 0 Å². The van der Waals surface area contributed by atoms with Crippen LogP contribution in [-0.2, 0) is 10.0 Å². The molecule has 1 fully saturated rings. The van der Waals surface area contributed by atoms with Crippen LogP contribution in [0.15, 0.2) is 52.0 Å². The third-order valence-electron chi connectivity index (χ3n) is 4.31. The minimum Gasteiger partial charge on any atom is -0.459 e. The number of hydrogen-bond acceptors (Lipinski definition) is 4. The van der Waals surface area contributed by atoms with E-state index in [2.05, 4.69) is 10.3 Å². The molecule has 1 aliphatic rings. The van der Waals surface area contributed by atoms with E-state index < -0.39 is 15.9 Å². The molecule has 2 N–H and O–H groups in total. The van der Waals surface area contributed by atoms with Gasteiger partial charge < -0.3 is 4.42 Å². The van der Waals surface area contributed by atoms with Gasteiger partial charge in [0.05, 0.1) is 11.2 Å². The molecule has 1 heterocycles. The Labute approximate surface area is 141 Å². The average molecular weight is 348 g/mol. The Bertz CT molecular complexity index is 777. The maximum Gasteiger partial charge on any atom is 0.301 e. The smallest absolute Gasteiger partial charge is 0.301 e. The lowest BCUT2D eigenvalue weighted by Crippen LogP contribution is -2.41. The fourth-order valence-electron chi connectivity index (χ4n) is 3.00. The molecule has 24 heavy (non-hydrogen) atoms. The van der Waals surface area contributed by atoms with Gasteiger partial charge in [-0.15, -0.1) is 4.83 Å². The molecule has 0 atom stereocenters. The Balaban J connectivity index is 1.64. The summed E-state index contributed by atoms with van der Waals surface area (Å²) < 4.78 is 29.4. The van der Waals surface area contributed by atoms with Crippen LogP contribution in [0.1, 0.15) is 54.1 Å². The number of furan rings is 1.